The summed E-state index contributed by atoms with van der Waals surface area (Å²) in [5.41, 5.74) is 2.45. The van der Waals surface area contributed by atoms with Crippen molar-refractivity contribution in [2.24, 2.45) is 5.92 Å². The van der Waals surface area contributed by atoms with Crippen LogP contribution >= 0.6 is 12.2 Å². The van der Waals surface area contributed by atoms with Crippen LogP contribution in [0.1, 0.15) is 44.9 Å². The average molecular weight is 210 g/mol. The Balaban J connectivity index is 3.15. The highest BCUT2D eigenvalue weighted by atomic mass is 32.1. The Labute approximate surface area is 90.8 Å². The van der Waals surface area contributed by atoms with E-state index in [0.717, 1.165) is 11.1 Å². The Morgan fingerprint density at radius 3 is 2.50 bits per heavy atom. The third kappa shape index (κ3) is 2.64. The first-order valence-corrected chi connectivity index (χ1v) is 5.49. The van der Waals surface area contributed by atoms with Gasteiger partial charge in [-0.15, -0.1) is 0 Å². The van der Waals surface area contributed by atoms with Gasteiger partial charge < -0.3 is 4.98 Å². The smallest absolute Gasteiger partial charge is 0.133 e. The van der Waals surface area contributed by atoms with Crippen molar-refractivity contribution in [2.45, 2.75) is 40.0 Å². The molecule has 14 heavy (non-hydrogen) atoms. The fourth-order valence-corrected chi connectivity index (χ4v) is 2.03. The van der Waals surface area contributed by atoms with Crippen molar-refractivity contribution in [1.82, 2.24) is 9.97 Å². The molecule has 1 aromatic rings. The van der Waals surface area contributed by atoms with Gasteiger partial charge in [0, 0.05) is 11.3 Å². The first-order chi connectivity index (χ1) is 6.52. The molecular formula is C11H18N2S. The third-order valence-corrected chi connectivity index (χ3v) is 2.49. The number of hydrogen-bond acceptors (Lipinski definition) is 2. The van der Waals surface area contributed by atoms with E-state index < -0.39 is 0 Å². The van der Waals surface area contributed by atoms with E-state index in [0.29, 0.717) is 11.8 Å². The zero-order valence-corrected chi connectivity index (χ0v) is 10.1. The van der Waals surface area contributed by atoms with Crippen LogP contribution in [0.4, 0.5) is 0 Å². The molecule has 1 rings (SSSR count). The van der Waals surface area contributed by atoms with Gasteiger partial charge in [0.15, 0.2) is 0 Å². The topological polar surface area (TPSA) is 28.7 Å². The zero-order chi connectivity index (χ0) is 10.7. The van der Waals surface area contributed by atoms with E-state index >= 15 is 0 Å². The van der Waals surface area contributed by atoms with Crippen LogP contribution in [-0.4, -0.2) is 9.97 Å². The molecule has 0 unspecified atom stereocenters. The Morgan fingerprint density at radius 2 is 2.00 bits per heavy atom. The lowest BCUT2D eigenvalue weighted by Crippen LogP contribution is -2.05. The predicted molar refractivity (Wildman–Crippen MR) is 62.1 cm³/mol. The quantitative estimate of drug-likeness (QED) is 0.774. The van der Waals surface area contributed by atoms with Gasteiger partial charge in [-0.25, -0.2) is 4.98 Å². The van der Waals surface area contributed by atoms with E-state index in [2.05, 4.69) is 37.7 Å². The maximum atomic E-state index is 5.24. The lowest BCUT2D eigenvalue weighted by atomic mass is 9.98. The number of H-pyrrole nitrogens is 1. The highest BCUT2D eigenvalue weighted by molar-refractivity contribution is 7.71. The molecule has 0 saturated carbocycles. The first kappa shape index (κ1) is 11.4. The fourth-order valence-electron chi connectivity index (χ4n) is 1.62. The van der Waals surface area contributed by atoms with Crippen molar-refractivity contribution >= 4 is 12.2 Å². The Kier molecular flexibility index (Phi) is 3.81. The lowest BCUT2D eigenvalue weighted by molar-refractivity contribution is 0.621. The van der Waals surface area contributed by atoms with Gasteiger partial charge in [-0.1, -0.05) is 39.9 Å². The average Bonchev–Trinajstić information content (AvgIpc) is 2.01. The molecule has 3 heteroatoms. The van der Waals surface area contributed by atoms with Gasteiger partial charge >= 0.3 is 0 Å². The molecule has 0 aromatic carbocycles. The Hall–Kier alpha value is -0.700. The lowest BCUT2D eigenvalue weighted by Gasteiger charge is -2.13. The second-order valence-corrected chi connectivity index (χ2v) is 4.74. The molecule has 0 aliphatic heterocycles. The maximum Gasteiger partial charge on any atom is 0.133 e. The van der Waals surface area contributed by atoms with Crippen LogP contribution < -0.4 is 0 Å². The predicted octanol–water partition coefficient (Wildman–Crippen LogP) is 3.46. The normalized spacial score (nSPS) is 11.3. The van der Waals surface area contributed by atoms with Crippen LogP contribution in [0.15, 0.2) is 6.33 Å². The fraction of sp³-hybridized carbons (Fsp3) is 0.636. The van der Waals surface area contributed by atoms with E-state index in [1.54, 1.807) is 6.33 Å². The van der Waals surface area contributed by atoms with Gasteiger partial charge in [0.05, 0.1) is 6.33 Å². The molecule has 2 nitrogen and oxygen atoms in total. The van der Waals surface area contributed by atoms with E-state index in [1.807, 2.05) is 0 Å². The summed E-state index contributed by atoms with van der Waals surface area (Å²) in [6, 6.07) is 0. The second kappa shape index (κ2) is 4.69. The third-order valence-electron chi connectivity index (χ3n) is 2.17. The van der Waals surface area contributed by atoms with Gasteiger partial charge in [0.2, 0.25) is 0 Å². The largest absolute Gasteiger partial charge is 0.349 e. The number of nitrogens with zero attached hydrogens (tertiary/aromatic N) is 1. The van der Waals surface area contributed by atoms with Crippen molar-refractivity contribution in [3.05, 3.63) is 22.2 Å². The van der Waals surface area contributed by atoms with Crippen LogP contribution in [0.3, 0.4) is 0 Å². The van der Waals surface area contributed by atoms with E-state index in [-0.39, 0.29) is 0 Å². The number of aromatic nitrogens is 2. The number of hydrogen-bond donors (Lipinski definition) is 1. The van der Waals surface area contributed by atoms with Crippen molar-refractivity contribution in [3.63, 3.8) is 0 Å². The van der Waals surface area contributed by atoms with Crippen molar-refractivity contribution in [3.8, 4) is 0 Å². The number of aromatic amines is 1. The summed E-state index contributed by atoms with van der Waals surface area (Å²) in [5, 5.41) is 0. The molecule has 0 amide bonds. The number of rotatable bonds is 3. The van der Waals surface area contributed by atoms with Gasteiger partial charge in [-0.3, -0.25) is 0 Å². The van der Waals surface area contributed by atoms with Crippen LogP contribution in [0, 0.1) is 10.6 Å². The minimum Gasteiger partial charge on any atom is -0.349 e. The van der Waals surface area contributed by atoms with Crippen LogP contribution in [0.25, 0.3) is 0 Å². The molecule has 0 spiro atoms. The minimum absolute atomic E-state index is 0.446. The molecule has 1 aromatic heterocycles. The van der Waals surface area contributed by atoms with Gasteiger partial charge in [0.25, 0.3) is 0 Å². The second-order valence-electron chi connectivity index (χ2n) is 4.35. The molecular weight excluding hydrogens is 192 g/mol. The summed E-state index contributed by atoms with van der Waals surface area (Å²) in [6.45, 7) is 8.73. The molecule has 0 aliphatic rings. The molecule has 1 heterocycles. The highest BCUT2D eigenvalue weighted by Gasteiger charge is 2.10. The summed E-state index contributed by atoms with van der Waals surface area (Å²) >= 11 is 5.24. The van der Waals surface area contributed by atoms with Crippen molar-refractivity contribution in [2.75, 3.05) is 0 Å². The summed E-state index contributed by atoms with van der Waals surface area (Å²) in [7, 11) is 0. The standard InChI is InChI=1S/C11H18N2S/c1-7(2)5-9-10(8(3)4)11(14)13-6-12-9/h6-8H,5H2,1-4H3,(H,12,13,14). The van der Waals surface area contributed by atoms with E-state index in [1.165, 1.54) is 11.3 Å². The van der Waals surface area contributed by atoms with Crippen molar-refractivity contribution in [1.29, 1.82) is 0 Å². The van der Waals surface area contributed by atoms with Gasteiger partial charge in [-0.05, 0) is 18.3 Å². The minimum atomic E-state index is 0.446. The zero-order valence-electron chi connectivity index (χ0n) is 9.29. The van der Waals surface area contributed by atoms with Crippen LogP contribution in [-0.2, 0) is 6.42 Å². The molecule has 0 atom stereocenters. The molecule has 0 fully saturated rings. The maximum absolute atomic E-state index is 5.24. The van der Waals surface area contributed by atoms with Gasteiger partial charge in [0.1, 0.15) is 4.64 Å². The highest BCUT2D eigenvalue weighted by Crippen LogP contribution is 2.20. The number of nitrogens with one attached hydrogen (secondary N) is 1. The first-order valence-electron chi connectivity index (χ1n) is 5.08. The summed E-state index contributed by atoms with van der Waals surface area (Å²) in [5.74, 6) is 1.08. The summed E-state index contributed by atoms with van der Waals surface area (Å²) < 4.78 is 0.745. The molecule has 0 bridgehead atoms. The van der Waals surface area contributed by atoms with Crippen molar-refractivity contribution < 1.29 is 0 Å². The summed E-state index contributed by atoms with van der Waals surface area (Å²) in [6.07, 6.45) is 2.74. The molecule has 1 N–H and O–H groups in total. The molecule has 0 radical (unpaired) electrons. The Bertz CT molecular complexity index is 353. The molecule has 0 aliphatic carbocycles. The SMILES string of the molecule is CC(C)Cc1[nH]cnc(=S)c1C(C)C. The monoisotopic (exact) mass is 210 g/mol. The Morgan fingerprint density at radius 1 is 1.36 bits per heavy atom. The van der Waals surface area contributed by atoms with E-state index in [4.69, 9.17) is 12.2 Å². The van der Waals surface area contributed by atoms with Gasteiger partial charge in [-0.2, -0.15) is 0 Å². The molecule has 0 saturated heterocycles. The molecule has 78 valence electrons. The van der Waals surface area contributed by atoms with Crippen LogP contribution in [0.2, 0.25) is 0 Å². The summed E-state index contributed by atoms with van der Waals surface area (Å²) in [4.78, 5) is 7.34. The van der Waals surface area contributed by atoms with Crippen LogP contribution in [0.5, 0.6) is 0 Å². The van der Waals surface area contributed by atoms with E-state index in [9.17, 15) is 0 Å².